The van der Waals surface area contributed by atoms with Crippen molar-refractivity contribution in [1.82, 2.24) is 4.98 Å². The number of benzene rings is 1. The maximum atomic E-state index is 8.86. The highest BCUT2D eigenvalue weighted by molar-refractivity contribution is 7.11. The monoisotopic (exact) mass is 306 g/mol. The molecule has 0 atom stereocenters. The van der Waals surface area contributed by atoms with E-state index in [4.69, 9.17) is 21.6 Å². The minimum absolute atomic E-state index is 0.314. The van der Waals surface area contributed by atoms with Gasteiger partial charge in [-0.2, -0.15) is 5.26 Å². The Hall–Kier alpha value is -1.57. The number of nitrogens with zero attached hydrogens (tertiary/aromatic N) is 2. The Bertz CT molecular complexity index is 631. The zero-order valence-electron chi connectivity index (χ0n) is 11.4. The van der Waals surface area contributed by atoms with Crippen LogP contribution in [0.1, 0.15) is 35.3 Å². The zero-order chi connectivity index (χ0) is 14.5. The van der Waals surface area contributed by atoms with E-state index in [0.717, 1.165) is 21.3 Å². The van der Waals surface area contributed by atoms with E-state index in [9.17, 15) is 0 Å². The fraction of sp³-hybridized carbons (Fsp3) is 0.333. The average molecular weight is 307 g/mol. The lowest BCUT2D eigenvalue weighted by molar-refractivity contribution is 0.305. The number of thiazole rings is 1. The normalized spacial score (nSPS) is 10.6. The highest BCUT2D eigenvalue weighted by Gasteiger charge is 2.14. The molecule has 0 saturated heterocycles. The van der Waals surface area contributed by atoms with Gasteiger partial charge in [0.05, 0.1) is 18.2 Å². The zero-order valence-corrected chi connectivity index (χ0v) is 13.0. The SMILES string of the molecule is CC(C)c1nc(COc2cccc(Cl)c2)sc1CC#N. The maximum Gasteiger partial charge on any atom is 0.140 e. The Balaban J connectivity index is 2.10. The first-order chi connectivity index (χ1) is 9.60. The number of hydrogen-bond donors (Lipinski definition) is 0. The number of nitriles is 1. The molecule has 0 bridgehead atoms. The number of hydrogen-bond acceptors (Lipinski definition) is 4. The number of halogens is 1. The molecular weight excluding hydrogens is 292 g/mol. The molecule has 0 radical (unpaired) electrons. The third-order valence-corrected chi connectivity index (χ3v) is 4.00. The van der Waals surface area contributed by atoms with Crippen molar-refractivity contribution in [2.24, 2.45) is 0 Å². The summed E-state index contributed by atoms with van der Waals surface area (Å²) in [6.07, 6.45) is 0.405. The van der Waals surface area contributed by atoms with Crippen molar-refractivity contribution in [1.29, 1.82) is 5.26 Å². The molecule has 0 N–H and O–H groups in total. The molecule has 1 heterocycles. The van der Waals surface area contributed by atoms with Crippen molar-refractivity contribution in [2.45, 2.75) is 32.8 Å². The number of ether oxygens (including phenoxy) is 1. The smallest absolute Gasteiger partial charge is 0.140 e. The number of aromatic nitrogens is 1. The molecule has 0 saturated carbocycles. The van der Waals surface area contributed by atoms with Crippen LogP contribution in [-0.2, 0) is 13.0 Å². The maximum absolute atomic E-state index is 8.86. The molecule has 0 unspecified atom stereocenters. The fourth-order valence-corrected chi connectivity index (χ4v) is 3.08. The van der Waals surface area contributed by atoms with Crippen LogP contribution in [-0.4, -0.2) is 4.98 Å². The van der Waals surface area contributed by atoms with E-state index in [-0.39, 0.29) is 0 Å². The highest BCUT2D eigenvalue weighted by Crippen LogP contribution is 2.27. The van der Waals surface area contributed by atoms with E-state index in [1.807, 2.05) is 12.1 Å². The van der Waals surface area contributed by atoms with Crippen molar-refractivity contribution >= 4 is 22.9 Å². The third kappa shape index (κ3) is 3.72. The average Bonchev–Trinajstić information content (AvgIpc) is 2.80. The van der Waals surface area contributed by atoms with Crippen LogP contribution >= 0.6 is 22.9 Å². The molecule has 3 nitrogen and oxygen atoms in total. The lowest BCUT2D eigenvalue weighted by Crippen LogP contribution is -1.96. The van der Waals surface area contributed by atoms with Crippen LogP contribution in [0.25, 0.3) is 0 Å². The van der Waals surface area contributed by atoms with E-state index in [0.29, 0.717) is 24.0 Å². The highest BCUT2D eigenvalue weighted by atomic mass is 35.5. The van der Waals surface area contributed by atoms with E-state index < -0.39 is 0 Å². The van der Waals surface area contributed by atoms with Crippen molar-refractivity contribution in [3.8, 4) is 11.8 Å². The van der Waals surface area contributed by atoms with Crippen LogP contribution in [0.15, 0.2) is 24.3 Å². The van der Waals surface area contributed by atoms with Crippen molar-refractivity contribution in [3.63, 3.8) is 0 Å². The van der Waals surface area contributed by atoms with Crippen molar-refractivity contribution in [3.05, 3.63) is 44.9 Å². The molecule has 0 aliphatic rings. The van der Waals surface area contributed by atoms with Gasteiger partial charge in [-0.25, -0.2) is 4.98 Å². The van der Waals surface area contributed by atoms with Gasteiger partial charge in [-0.05, 0) is 24.1 Å². The molecule has 104 valence electrons. The molecular formula is C15H15ClN2OS. The van der Waals surface area contributed by atoms with E-state index in [1.165, 1.54) is 0 Å². The first-order valence-electron chi connectivity index (χ1n) is 6.34. The van der Waals surface area contributed by atoms with Gasteiger partial charge in [-0.3, -0.25) is 0 Å². The Morgan fingerprint density at radius 3 is 2.90 bits per heavy atom. The molecule has 20 heavy (non-hydrogen) atoms. The molecule has 2 rings (SSSR count). The summed E-state index contributed by atoms with van der Waals surface area (Å²) in [5, 5.41) is 10.4. The van der Waals surface area contributed by atoms with E-state index in [2.05, 4.69) is 24.9 Å². The van der Waals surface area contributed by atoms with Gasteiger partial charge in [0, 0.05) is 9.90 Å². The fourth-order valence-electron chi connectivity index (χ4n) is 1.83. The van der Waals surface area contributed by atoms with E-state index >= 15 is 0 Å². The molecule has 0 amide bonds. The Labute approximate surface area is 127 Å². The molecule has 0 aliphatic carbocycles. The second-order valence-electron chi connectivity index (χ2n) is 4.65. The number of rotatable bonds is 5. The molecule has 0 spiro atoms. The minimum Gasteiger partial charge on any atom is -0.486 e. The summed E-state index contributed by atoms with van der Waals surface area (Å²) in [6.45, 7) is 4.56. The Morgan fingerprint density at radius 2 is 2.25 bits per heavy atom. The van der Waals surface area contributed by atoms with Gasteiger partial charge < -0.3 is 4.74 Å². The predicted molar refractivity (Wildman–Crippen MR) is 81.3 cm³/mol. The van der Waals surface area contributed by atoms with Gasteiger partial charge in [0.2, 0.25) is 0 Å². The van der Waals surface area contributed by atoms with Gasteiger partial charge >= 0.3 is 0 Å². The first-order valence-corrected chi connectivity index (χ1v) is 7.53. The molecule has 1 aromatic carbocycles. The topological polar surface area (TPSA) is 45.9 Å². The van der Waals surface area contributed by atoms with E-state index in [1.54, 1.807) is 23.5 Å². The van der Waals surface area contributed by atoms with Crippen LogP contribution in [0.3, 0.4) is 0 Å². The molecule has 0 aliphatic heterocycles. The summed E-state index contributed by atoms with van der Waals surface area (Å²) >= 11 is 7.45. The quantitative estimate of drug-likeness (QED) is 0.813. The largest absolute Gasteiger partial charge is 0.486 e. The van der Waals surface area contributed by atoms with Crippen molar-refractivity contribution in [2.75, 3.05) is 0 Å². The minimum atomic E-state index is 0.314. The summed E-state index contributed by atoms with van der Waals surface area (Å²) in [5.41, 5.74) is 1.00. The Kier molecular flexibility index (Phi) is 4.99. The molecule has 2 aromatic rings. The van der Waals surface area contributed by atoms with Crippen LogP contribution in [0.4, 0.5) is 0 Å². The second-order valence-corrected chi connectivity index (χ2v) is 6.26. The second kappa shape index (κ2) is 6.74. The van der Waals surface area contributed by atoms with Gasteiger partial charge in [-0.15, -0.1) is 11.3 Å². The van der Waals surface area contributed by atoms with Gasteiger partial charge in [0.25, 0.3) is 0 Å². The summed E-state index contributed by atoms with van der Waals surface area (Å²) in [4.78, 5) is 5.61. The predicted octanol–water partition coefficient (Wildman–Crippen LogP) is 4.56. The summed E-state index contributed by atoms with van der Waals surface area (Å²) in [6, 6.07) is 9.47. The standard InChI is InChI=1S/C15H15ClN2OS/c1-10(2)15-13(6-7-17)20-14(18-15)9-19-12-5-3-4-11(16)8-12/h3-5,8,10H,6,9H2,1-2H3. The third-order valence-electron chi connectivity index (χ3n) is 2.72. The summed E-state index contributed by atoms with van der Waals surface area (Å²) < 4.78 is 5.68. The lowest BCUT2D eigenvalue weighted by atomic mass is 10.1. The van der Waals surface area contributed by atoms with Crippen molar-refractivity contribution < 1.29 is 4.74 Å². The van der Waals surface area contributed by atoms with Gasteiger partial charge in [0.15, 0.2) is 0 Å². The van der Waals surface area contributed by atoms with Gasteiger partial charge in [0.1, 0.15) is 17.4 Å². The first kappa shape index (κ1) is 14.8. The lowest BCUT2D eigenvalue weighted by Gasteiger charge is -2.04. The van der Waals surface area contributed by atoms with Crippen LogP contribution in [0.5, 0.6) is 5.75 Å². The van der Waals surface area contributed by atoms with Gasteiger partial charge in [-0.1, -0.05) is 31.5 Å². The van der Waals surface area contributed by atoms with Crippen LogP contribution < -0.4 is 4.74 Å². The Morgan fingerprint density at radius 1 is 1.45 bits per heavy atom. The molecule has 5 heteroatoms. The summed E-state index contributed by atoms with van der Waals surface area (Å²) in [5.74, 6) is 1.04. The van der Waals surface area contributed by atoms with Crippen LogP contribution in [0.2, 0.25) is 5.02 Å². The summed E-state index contributed by atoms with van der Waals surface area (Å²) in [7, 11) is 0. The molecule has 1 aromatic heterocycles. The molecule has 0 fully saturated rings. The van der Waals surface area contributed by atoms with Crippen LogP contribution in [0, 0.1) is 11.3 Å².